The van der Waals surface area contributed by atoms with E-state index in [1.54, 1.807) is 0 Å². The molecule has 2 rings (SSSR count). The molecule has 3 nitrogen and oxygen atoms in total. The van der Waals surface area contributed by atoms with Gasteiger partial charge in [-0.2, -0.15) is 0 Å². The third-order valence-electron chi connectivity index (χ3n) is 4.55. The van der Waals surface area contributed by atoms with E-state index in [0.29, 0.717) is 6.04 Å². The van der Waals surface area contributed by atoms with E-state index < -0.39 is 0 Å². The van der Waals surface area contributed by atoms with E-state index in [4.69, 9.17) is 5.73 Å². The average molecular weight is 261 g/mol. The first-order valence-electron chi connectivity index (χ1n) is 7.51. The number of rotatable bonds is 5. The van der Waals surface area contributed by atoms with Gasteiger partial charge >= 0.3 is 0 Å². The fourth-order valence-corrected chi connectivity index (χ4v) is 3.27. The van der Waals surface area contributed by atoms with Crippen molar-refractivity contribution in [3.63, 3.8) is 0 Å². The molecule has 1 aromatic heterocycles. The van der Waals surface area contributed by atoms with E-state index >= 15 is 0 Å². The fourth-order valence-electron chi connectivity index (χ4n) is 3.27. The van der Waals surface area contributed by atoms with Crippen molar-refractivity contribution in [3.8, 4) is 0 Å². The van der Waals surface area contributed by atoms with Gasteiger partial charge in [0.2, 0.25) is 0 Å². The molecule has 0 bridgehead atoms. The maximum absolute atomic E-state index is 6.03. The van der Waals surface area contributed by atoms with Crippen molar-refractivity contribution in [2.45, 2.75) is 45.2 Å². The lowest BCUT2D eigenvalue weighted by Crippen LogP contribution is -2.44. The smallest absolute Gasteiger partial charge is 0.0543 e. The lowest BCUT2D eigenvalue weighted by molar-refractivity contribution is 0.129. The van der Waals surface area contributed by atoms with Crippen molar-refractivity contribution in [2.75, 3.05) is 13.6 Å². The number of pyridine rings is 1. The molecule has 0 spiro atoms. The van der Waals surface area contributed by atoms with Crippen LogP contribution in [0, 0.1) is 11.8 Å². The molecule has 1 atom stereocenters. The molecule has 1 aromatic rings. The maximum Gasteiger partial charge on any atom is 0.0543 e. The number of nitrogens with two attached hydrogens (primary N) is 1. The second-order valence-corrected chi connectivity index (χ2v) is 6.06. The standard InChI is InChI=1S/C16H27N3/c1-13-6-8-14(9-7-13)16(11-17)19(2)12-15-5-3-4-10-18-15/h3-5,10,13-14,16H,6-9,11-12,17H2,1-2H3. The number of nitrogens with zero attached hydrogens (tertiary/aromatic N) is 2. The second kappa shape index (κ2) is 7.01. The SMILES string of the molecule is CC1CCC(C(CN)N(C)Cc2ccccn2)CC1. The predicted molar refractivity (Wildman–Crippen MR) is 79.7 cm³/mol. The zero-order chi connectivity index (χ0) is 13.7. The lowest BCUT2D eigenvalue weighted by atomic mass is 9.79. The minimum absolute atomic E-state index is 0.495. The summed E-state index contributed by atoms with van der Waals surface area (Å²) >= 11 is 0. The Balaban J connectivity index is 1.93. The van der Waals surface area contributed by atoms with Crippen LogP contribution < -0.4 is 5.73 Å². The molecule has 3 heteroatoms. The highest BCUT2D eigenvalue weighted by atomic mass is 15.1. The van der Waals surface area contributed by atoms with Gasteiger partial charge in [-0.1, -0.05) is 25.8 Å². The van der Waals surface area contributed by atoms with Crippen molar-refractivity contribution in [2.24, 2.45) is 17.6 Å². The molecule has 1 heterocycles. The van der Waals surface area contributed by atoms with Gasteiger partial charge in [-0.3, -0.25) is 9.88 Å². The summed E-state index contributed by atoms with van der Waals surface area (Å²) in [5.41, 5.74) is 7.16. The number of aromatic nitrogens is 1. The Morgan fingerprint density at radius 2 is 2.05 bits per heavy atom. The van der Waals surface area contributed by atoms with Gasteiger partial charge in [0.25, 0.3) is 0 Å². The van der Waals surface area contributed by atoms with Gasteiger partial charge in [0.15, 0.2) is 0 Å². The molecular formula is C16H27N3. The summed E-state index contributed by atoms with van der Waals surface area (Å²) in [6.07, 6.45) is 7.24. The van der Waals surface area contributed by atoms with Crippen LogP contribution in [0.5, 0.6) is 0 Å². The molecule has 0 aromatic carbocycles. The van der Waals surface area contributed by atoms with Crippen molar-refractivity contribution < 1.29 is 0 Å². The van der Waals surface area contributed by atoms with Crippen LogP contribution in [0.2, 0.25) is 0 Å². The van der Waals surface area contributed by atoms with Crippen LogP contribution in [0.1, 0.15) is 38.3 Å². The van der Waals surface area contributed by atoms with E-state index in [-0.39, 0.29) is 0 Å². The van der Waals surface area contributed by atoms with Crippen LogP contribution in [-0.4, -0.2) is 29.5 Å². The third-order valence-corrected chi connectivity index (χ3v) is 4.55. The topological polar surface area (TPSA) is 42.1 Å². The summed E-state index contributed by atoms with van der Waals surface area (Å²) in [5.74, 6) is 1.66. The highest BCUT2D eigenvalue weighted by molar-refractivity contribution is 5.03. The van der Waals surface area contributed by atoms with E-state index in [0.717, 1.165) is 30.6 Å². The van der Waals surface area contributed by atoms with Gasteiger partial charge < -0.3 is 5.73 Å². The van der Waals surface area contributed by atoms with Crippen LogP contribution in [0.15, 0.2) is 24.4 Å². The van der Waals surface area contributed by atoms with Gasteiger partial charge in [-0.05, 0) is 43.9 Å². The Bertz CT molecular complexity index is 358. The van der Waals surface area contributed by atoms with Gasteiger partial charge in [0, 0.05) is 25.3 Å². The highest BCUT2D eigenvalue weighted by Crippen LogP contribution is 2.32. The molecule has 106 valence electrons. The molecule has 2 N–H and O–H groups in total. The van der Waals surface area contributed by atoms with E-state index in [1.807, 2.05) is 12.3 Å². The first-order valence-corrected chi connectivity index (χ1v) is 7.51. The van der Waals surface area contributed by atoms with Gasteiger partial charge in [0.1, 0.15) is 0 Å². The summed E-state index contributed by atoms with van der Waals surface area (Å²) < 4.78 is 0. The molecule has 0 aliphatic heterocycles. The molecule has 1 aliphatic rings. The molecular weight excluding hydrogens is 234 g/mol. The largest absolute Gasteiger partial charge is 0.329 e. The lowest BCUT2D eigenvalue weighted by Gasteiger charge is -2.37. The zero-order valence-electron chi connectivity index (χ0n) is 12.3. The summed E-state index contributed by atoms with van der Waals surface area (Å²) in [6, 6.07) is 6.60. The van der Waals surface area contributed by atoms with E-state index in [2.05, 4.69) is 36.0 Å². The summed E-state index contributed by atoms with van der Waals surface area (Å²) in [5, 5.41) is 0. The van der Waals surface area contributed by atoms with Crippen molar-refractivity contribution in [3.05, 3.63) is 30.1 Å². The van der Waals surface area contributed by atoms with Gasteiger partial charge in [-0.25, -0.2) is 0 Å². The van der Waals surface area contributed by atoms with Crippen LogP contribution in [0.4, 0.5) is 0 Å². The second-order valence-electron chi connectivity index (χ2n) is 6.06. The first-order chi connectivity index (χ1) is 9.20. The Labute approximate surface area is 117 Å². The van der Waals surface area contributed by atoms with Crippen molar-refractivity contribution in [1.29, 1.82) is 0 Å². The maximum atomic E-state index is 6.03. The van der Waals surface area contributed by atoms with Crippen LogP contribution in [-0.2, 0) is 6.54 Å². The molecule has 1 aliphatic carbocycles. The fraction of sp³-hybridized carbons (Fsp3) is 0.688. The molecule has 1 saturated carbocycles. The normalized spacial score (nSPS) is 25.5. The highest BCUT2D eigenvalue weighted by Gasteiger charge is 2.27. The average Bonchev–Trinajstić information content (AvgIpc) is 2.43. The van der Waals surface area contributed by atoms with Crippen LogP contribution >= 0.6 is 0 Å². The summed E-state index contributed by atoms with van der Waals surface area (Å²) in [4.78, 5) is 6.80. The van der Waals surface area contributed by atoms with Crippen LogP contribution in [0.3, 0.4) is 0 Å². The molecule has 0 radical (unpaired) electrons. The Kier molecular flexibility index (Phi) is 5.34. The van der Waals surface area contributed by atoms with Gasteiger partial charge in [0.05, 0.1) is 5.69 Å². The van der Waals surface area contributed by atoms with Crippen molar-refractivity contribution >= 4 is 0 Å². The Hall–Kier alpha value is -0.930. The Morgan fingerprint density at radius 3 is 2.63 bits per heavy atom. The minimum Gasteiger partial charge on any atom is -0.329 e. The minimum atomic E-state index is 0.495. The first kappa shape index (κ1) is 14.5. The monoisotopic (exact) mass is 261 g/mol. The summed E-state index contributed by atoms with van der Waals surface area (Å²) in [7, 11) is 2.18. The third kappa shape index (κ3) is 4.02. The molecule has 0 saturated heterocycles. The van der Waals surface area contributed by atoms with E-state index in [9.17, 15) is 0 Å². The molecule has 1 unspecified atom stereocenters. The molecule has 1 fully saturated rings. The van der Waals surface area contributed by atoms with Gasteiger partial charge in [-0.15, -0.1) is 0 Å². The van der Waals surface area contributed by atoms with Crippen LogP contribution in [0.25, 0.3) is 0 Å². The predicted octanol–water partition coefficient (Wildman–Crippen LogP) is 2.67. The Morgan fingerprint density at radius 1 is 1.32 bits per heavy atom. The number of hydrogen-bond acceptors (Lipinski definition) is 3. The van der Waals surface area contributed by atoms with Crippen molar-refractivity contribution in [1.82, 2.24) is 9.88 Å². The zero-order valence-corrected chi connectivity index (χ0v) is 12.3. The van der Waals surface area contributed by atoms with E-state index in [1.165, 1.54) is 25.7 Å². The molecule has 19 heavy (non-hydrogen) atoms. The number of hydrogen-bond donors (Lipinski definition) is 1. The molecule has 0 amide bonds. The quantitative estimate of drug-likeness (QED) is 0.886. The summed E-state index contributed by atoms with van der Waals surface area (Å²) in [6.45, 7) is 4.02. The number of likely N-dealkylation sites (N-methyl/N-ethyl adjacent to an activating group) is 1.